The predicted octanol–water partition coefficient (Wildman–Crippen LogP) is 2.03. The summed E-state index contributed by atoms with van der Waals surface area (Å²) in [6.45, 7) is 1.47. The molecule has 2 aromatic rings. The number of hydrogen-bond donors (Lipinski definition) is 2. The highest BCUT2D eigenvalue weighted by atomic mass is 19.1. The van der Waals surface area contributed by atoms with Gasteiger partial charge in [-0.1, -0.05) is 6.07 Å². The van der Waals surface area contributed by atoms with E-state index in [1.807, 2.05) is 25.1 Å². The van der Waals surface area contributed by atoms with E-state index in [0.29, 0.717) is 31.0 Å². The molecule has 1 saturated heterocycles. The Morgan fingerprint density at radius 3 is 2.61 bits per heavy atom. The van der Waals surface area contributed by atoms with E-state index in [0.717, 1.165) is 16.7 Å². The van der Waals surface area contributed by atoms with Crippen LogP contribution in [0.3, 0.4) is 0 Å². The zero-order chi connectivity index (χ0) is 26.0. The number of aryl methyl sites for hydroxylation is 1. The largest absolute Gasteiger partial charge is 0.487 e. The minimum absolute atomic E-state index is 0.0436. The number of ether oxygens (including phenoxy) is 1. The van der Waals surface area contributed by atoms with Crippen LogP contribution >= 0.6 is 0 Å². The molecule has 1 unspecified atom stereocenters. The van der Waals surface area contributed by atoms with Crippen molar-refractivity contribution in [3.05, 3.63) is 42.1 Å². The lowest BCUT2D eigenvalue weighted by Gasteiger charge is -2.34. The van der Waals surface area contributed by atoms with E-state index in [2.05, 4.69) is 10.3 Å². The van der Waals surface area contributed by atoms with Crippen molar-refractivity contribution in [3.63, 3.8) is 0 Å². The molecule has 36 heavy (non-hydrogen) atoms. The van der Waals surface area contributed by atoms with E-state index in [1.54, 1.807) is 32.4 Å². The summed E-state index contributed by atoms with van der Waals surface area (Å²) in [5.41, 5.74) is 2.54. The summed E-state index contributed by atoms with van der Waals surface area (Å²) < 4.78 is 20.5. The van der Waals surface area contributed by atoms with Crippen molar-refractivity contribution in [3.8, 4) is 16.9 Å². The van der Waals surface area contributed by atoms with Crippen LogP contribution in [-0.2, 0) is 14.4 Å². The molecule has 2 N–H and O–H groups in total. The van der Waals surface area contributed by atoms with Gasteiger partial charge >= 0.3 is 0 Å². The first-order valence-corrected chi connectivity index (χ1v) is 12.0. The summed E-state index contributed by atoms with van der Waals surface area (Å²) in [5.74, 6) is -0.389. The highest BCUT2D eigenvalue weighted by Gasteiger charge is 2.48. The van der Waals surface area contributed by atoms with Crippen molar-refractivity contribution in [2.24, 2.45) is 11.8 Å². The topological polar surface area (TPSA) is 112 Å². The highest BCUT2D eigenvalue weighted by Crippen LogP contribution is 2.40. The molecule has 192 valence electrons. The maximum absolute atomic E-state index is 14.6. The maximum Gasteiger partial charge on any atom is 0.248 e. The number of alkyl halides is 1. The van der Waals surface area contributed by atoms with E-state index < -0.39 is 24.8 Å². The van der Waals surface area contributed by atoms with E-state index in [4.69, 9.17) is 9.84 Å². The number of carbonyl (C=O) groups is 3. The SMILES string of the molecule is Cc1cc(-c2ccnc(NC(=O)[C@H]3CC3C(=O)N(C)C)c2)ccc1O[C@H]1CCN(C(=O)CO)C[C@H]1F. The van der Waals surface area contributed by atoms with Gasteiger partial charge in [0.05, 0.1) is 18.4 Å². The molecular weight excluding hydrogens is 467 g/mol. The molecule has 1 saturated carbocycles. The number of likely N-dealkylation sites (tertiary alicyclic amines) is 1. The molecule has 9 nitrogen and oxygen atoms in total. The number of aliphatic hydroxyl groups excluding tert-OH is 1. The molecule has 2 heterocycles. The van der Waals surface area contributed by atoms with Gasteiger partial charge in [-0.3, -0.25) is 14.4 Å². The van der Waals surface area contributed by atoms with Crippen LogP contribution in [0.25, 0.3) is 11.1 Å². The van der Waals surface area contributed by atoms with Crippen molar-refractivity contribution in [1.82, 2.24) is 14.8 Å². The van der Waals surface area contributed by atoms with Crippen LogP contribution in [0.15, 0.2) is 36.5 Å². The third kappa shape index (κ3) is 5.64. The Balaban J connectivity index is 1.39. The molecule has 0 radical (unpaired) electrons. The van der Waals surface area contributed by atoms with Gasteiger partial charge in [-0.05, 0) is 54.3 Å². The van der Waals surface area contributed by atoms with Crippen molar-refractivity contribution >= 4 is 23.5 Å². The fourth-order valence-corrected chi connectivity index (χ4v) is 4.45. The number of pyridine rings is 1. The van der Waals surface area contributed by atoms with Gasteiger partial charge in [0.2, 0.25) is 17.7 Å². The summed E-state index contributed by atoms with van der Waals surface area (Å²) in [6.07, 6.45) is 0.461. The lowest BCUT2D eigenvalue weighted by molar-refractivity contribution is -0.138. The Hall–Kier alpha value is -3.53. The zero-order valence-corrected chi connectivity index (χ0v) is 20.6. The first-order valence-electron chi connectivity index (χ1n) is 12.0. The monoisotopic (exact) mass is 498 g/mol. The number of carbonyl (C=O) groups excluding carboxylic acids is 3. The van der Waals surface area contributed by atoms with Crippen LogP contribution < -0.4 is 10.1 Å². The lowest BCUT2D eigenvalue weighted by atomic mass is 10.0. The first-order chi connectivity index (χ1) is 17.2. The second-order valence-corrected chi connectivity index (χ2v) is 9.54. The molecule has 1 aromatic carbocycles. The molecule has 0 spiro atoms. The molecule has 2 aliphatic rings. The average molecular weight is 499 g/mol. The van der Waals surface area contributed by atoms with Gasteiger partial charge in [-0.15, -0.1) is 0 Å². The lowest BCUT2D eigenvalue weighted by Crippen LogP contribution is -2.50. The van der Waals surface area contributed by atoms with Crippen LogP contribution in [0, 0.1) is 18.8 Å². The number of piperidine rings is 1. The van der Waals surface area contributed by atoms with Gasteiger partial charge in [-0.25, -0.2) is 9.37 Å². The second-order valence-electron chi connectivity index (χ2n) is 9.54. The average Bonchev–Trinajstić information content (AvgIpc) is 3.66. The fourth-order valence-electron chi connectivity index (χ4n) is 4.45. The van der Waals surface area contributed by atoms with Gasteiger partial charge in [-0.2, -0.15) is 0 Å². The molecule has 4 rings (SSSR count). The normalized spacial score (nSPS) is 23.1. The Kier molecular flexibility index (Phi) is 7.53. The predicted molar refractivity (Wildman–Crippen MR) is 131 cm³/mol. The molecule has 0 bridgehead atoms. The van der Waals surface area contributed by atoms with Crippen molar-refractivity contribution in [2.45, 2.75) is 32.0 Å². The molecular formula is C26H31FN4O5. The molecule has 2 fully saturated rings. The summed E-state index contributed by atoms with van der Waals surface area (Å²) >= 11 is 0. The molecule has 10 heteroatoms. The summed E-state index contributed by atoms with van der Waals surface area (Å²) in [7, 11) is 3.36. The van der Waals surface area contributed by atoms with Gasteiger partial charge in [0, 0.05) is 33.3 Å². The zero-order valence-electron chi connectivity index (χ0n) is 20.6. The van der Waals surface area contributed by atoms with Crippen LogP contribution in [0.2, 0.25) is 0 Å². The molecule has 3 amide bonds. The number of hydrogen-bond acceptors (Lipinski definition) is 6. The Bertz CT molecular complexity index is 1160. The summed E-state index contributed by atoms with van der Waals surface area (Å²) in [5, 5.41) is 11.8. The smallest absolute Gasteiger partial charge is 0.248 e. The van der Waals surface area contributed by atoms with Gasteiger partial charge in [0.25, 0.3) is 0 Å². The van der Waals surface area contributed by atoms with Crippen LogP contribution in [0.5, 0.6) is 5.75 Å². The van der Waals surface area contributed by atoms with E-state index in [1.165, 1.54) is 9.80 Å². The van der Waals surface area contributed by atoms with Crippen molar-refractivity contribution in [1.29, 1.82) is 0 Å². The number of anilines is 1. The quantitative estimate of drug-likeness (QED) is 0.604. The maximum atomic E-state index is 14.6. The van der Waals surface area contributed by atoms with Crippen molar-refractivity contribution < 1.29 is 28.6 Å². The number of rotatable bonds is 7. The summed E-state index contributed by atoms with van der Waals surface area (Å²) in [4.78, 5) is 43.2. The van der Waals surface area contributed by atoms with Crippen LogP contribution in [-0.4, -0.2) is 83.7 Å². The van der Waals surface area contributed by atoms with E-state index in [9.17, 15) is 18.8 Å². The number of aromatic nitrogens is 1. The highest BCUT2D eigenvalue weighted by molar-refractivity contribution is 5.99. The molecule has 1 aliphatic carbocycles. The Labute approximate surface area is 209 Å². The number of nitrogens with one attached hydrogen (secondary N) is 1. The number of amides is 3. The van der Waals surface area contributed by atoms with Crippen LogP contribution in [0.1, 0.15) is 18.4 Å². The second kappa shape index (κ2) is 10.6. The van der Waals surface area contributed by atoms with Crippen LogP contribution in [0.4, 0.5) is 10.2 Å². The van der Waals surface area contributed by atoms with E-state index in [-0.39, 0.29) is 30.2 Å². The van der Waals surface area contributed by atoms with E-state index >= 15 is 0 Å². The molecule has 4 atom stereocenters. The first kappa shape index (κ1) is 25.6. The van der Waals surface area contributed by atoms with Gasteiger partial charge in [0.1, 0.15) is 24.3 Å². The number of nitrogens with zero attached hydrogens (tertiary/aromatic N) is 3. The van der Waals surface area contributed by atoms with Gasteiger partial charge in [0.15, 0.2) is 6.17 Å². The number of halogens is 1. The Morgan fingerprint density at radius 2 is 1.94 bits per heavy atom. The van der Waals surface area contributed by atoms with Gasteiger partial charge < -0.3 is 25.0 Å². The van der Waals surface area contributed by atoms with Crippen molar-refractivity contribution in [2.75, 3.05) is 39.1 Å². The Morgan fingerprint density at radius 1 is 1.19 bits per heavy atom. The standard InChI is InChI=1S/C26H31FN4O5/c1-15-10-16(4-5-21(15)36-22-7-9-31(13-20(22)27)24(33)14-32)17-6-8-28-23(11-17)29-25(34)18-12-19(18)26(35)30(2)3/h4-6,8,10-11,18-20,22,32H,7,9,12-14H2,1-3H3,(H,28,29,34)/t18-,19?,20+,22-/m0/s1. The fraction of sp³-hybridized carbons (Fsp3) is 0.462. The summed E-state index contributed by atoms with van der Waals surface area (Å²) in [6, 6.07) is 9.15. The number of benzene rings is 1. The minimum atomic E-state index is -1.35. The third-order valence-electron chi connectivity index (χ3n) is 6.65. The molecule has 1 aromatic heterocycles. The minimum Gasteiger partial charge on any atom is -0.487 e. The number of aliphatic hydroxyl groups is 1. The third-order valence-corrected chi connectivity index (χ3v) is 6.65. The molecule has 1 aliphatic heterocycles.